The van der Waals surface area contributed by atoms with Gasteiger partial charge < -0.3 is 0 Å². The van der Waals surface area contributed by atoms with Crippen molar-refractivity contribution in [2.24, 2.45) is 0 Å². The zero-order chi connectivity index (χ0) is 20.9. The van der Waals surface area contributed by atoms with E-state index in [0.717, 1.165) is 0 Å². The summed E-state index contributed by atoms with van der Waals surface area (Å²) in [7, 11) is -2.31. The minimum Gasteiger partial charge on any atom is -0.199 e. The predicted octanol–water partition coefficient (Wildman–Crippen LogP) is 6.02. The van der Waals surface area contributed by atoms with Crippen LogP contribution in [0.25, 0.3) is 0 Å². The van der Waals surface area contributed by atoms with E-state index in [-0.39, 0.29) is 0 Å². The molecule has 0 spiro atoms. The molecule has 0 aromatic carbocycles. The minimum absolute atomic E-state index is 0.826. The van der Waals surface area contributed by atoms with E-state index in [1.807, 2.05) is 0 Å². The molecule has 0 bridgehead atoms. The van der Waals surface area contributed by atoms with Crippen LogP contribution in [-0.4, -0.2) is 61.9 Å². The minimum atomic E-state index is -7.82. The molecule has 0 aliphatic carbocycles. The van der Waals surface area contributed by atoms with Crippen molar-refractivity contribution in [1.82, 2.24) is 0 Å². The van der Waals surface area contributed by atoms with Crippen LogP contribution in [0.4, 0.5) is 57.1 Å². The van der Waals surface area contributed by atoms with Crippen molar-refractivity contribution < 1.29 is 57.1 Å². The Hall–Kier alpha value is -0.480. The highest BCUT2D eigenvalue weighted by Crippen LogP contribution is 2.61. The van der Waals surface area contributed by atoms with Crippen molar-refractivity contribution in [3.05, 3.63) is 0 Å². The lowest BCUT2D eigenvalue weighted by Gasteiger charge is -2.39. The molecule has 0 saturated heterocycles. The van der Waals surface area contributed by atoms with Gasteiger partial charge in [-0.05, 0) is 0 Å². The SMILES string of the molecule is C[P+](C)(C)CCC(F)(F)C(F)(F)C(F)(F)C(F)(F)C(F)(F)C(F)(F)F. The van der Waals surface area contributed by atoms with E-state index >= 15 is 0 Å². The molecule has 0 rings (SSSR count). The molecule has 0 atom stereocenters. The van der Waals surface area contributed by atoms with Gasteiger partial charge in [-0.15, -0.1) is 0 Å². The van der Waals surface area contributed by atoms with Gasteiger partial charge in [-0.25, -0.2) is 0 Å². The maximum Gasteiger partial charge on any atom is 0.460 e. The Bertz CT molecular complexity index is 471. The molecule has 0 radical (unpaired) electrons. The van der Waals surface area contributed by atoms with Crippen molar-refractivity contribution in [2.45, 2.75) is 42.2 Å². The van der Waals surface area contributed by atoms with Crippen LogP contribution in [0.3, 0.4) is 0 Å². The third-order valence-corrected chi connectivity index (χ3v) is 4.66. The molecule has 0 N–H and O–H groups in total. The first-order valence-electron chi connectivity index (χ1n) is 6.22. The zero-order valence-electron chi connectivity index (χ0n) is 12.8. The van der Waals surface area contributed by atoms with E-state index in [1.165, 1.54) is 20.0 Å². The Morgan fingerprint density at radius 1 is 0.520 bits per heavy atom. The molecule has 0 aliphatic rings. The first-order valence-corrected chi connectivity index (χ1v) is 9.53. The van der Waals surface area contributed by atoms with Gasteiger partial charge in [0.15, 0.2) is 0 Å². The Kier molecular flexibility index (Phi) is 6.18. The van der Waals surface area contributed by atoms with E-state index in [0.29, 0.717) is 0 Å². The summed E-state index contributed by atoms with van der Waals surface area (Å²) < 4.78 is 166. The molecule has 0 amide bonds. The standard InChI is InChI=1S/C11H13F13P/c1-25(2,3)5-4-6(12,13)7(14,15)8(16,17)9(18,19)10(20,21)11(22,23)24/h4-5H2,1-3H3/q+1. The van der Waals surface area contributed by atoms with Gasteiger partial charge in [-0.2, -0.15) is 57.1 Å². The Labute approximate surface area is 134 Å². The van der Waals surface area contributed by atoms with E-state index in [4.69, 9.17) is 0 Å². The average molecular weight is 423 g/mol. The molecule has 0 heterocycles. The van der Waals surface area contributed by atoms with Crippen LogP contribution in [0, 0.1) is 0 Å². The molecular formula is C11H13F13P+. The molecule has 0 aromatic rings. The lowest BCUT2D eigenvalue weighted by molar-refractivity contribution is -0.439. The second-order valence-electron chi connectivity index (χ2n) is 6.26. The number of halogens is 13. The fraction of sp³-hybridized carbons (Fsp3) is 1.00. The van der Waals surface area contributed by atoms with E-state index < -0.39 is 55.6 Å². The fourth-order valence-electron chi connectivity index (χ4n) is 1.43. The lowest BCUT2D eigenvalue weighted by atomic mass is 9.93. The molecule has 14 heteroatoms. The van der Waals surface area contributed by atoms with Crippen molar-refractivity contribution in [2.75, 3.05) is 26.2 Å². The molecule has 152 valence electrons. The largest absolute Gasteiger partial charge is 0.460 e. The second-order valence-corrected chi connectivity index (χ2v) is 11.3. The van der Waals surface area contributed by atoms with Gasteiger partial charge in [0, 0.05) is 27.3 Å². The summed E-state index contributed by atoms with van der Waals surface area (Å²) in [5, 5.41) is 0. The molecular weight excluding hydrogens is 410 g/mol. The molecule has 0 nitrogen and oxygen atoms in total. The molecule has 0 unspecified atom stereocenters. The summed E-state index contributed by atoms with van der Waals surface area (Å²) in [6.45, 7) is 3.89. The van der Waals surface area contributed by atoms with Crippen LogP contribution in [0.15, 0.2) is 0 Å². The number of rotatable bonds is 7. The number of hydrogen-bond donors (Lipinski definition) is 0. The average Bonchev–Trinajstić information content (AvgIpc) is 2.33. The summed E-state index contributed by atoms with van der Waals surface area (Å²) in [6, 6.07) is 0. The molecule has 25 heavy (non-hydrogen) atoms. The molecule has 0 aromatic heterocycles. The highest BCUT2D eigenvalue weighted by molar-refractivity contribution is 7.73. The summed E-state index contributed by atoms with van der Waals surface area (Å²) in [6.07, 6.45) is -10.3. The van der Waals surface area contributed by atoms with Gasteiger partial charge in [-0.3, -0.25) is 0 Å². The fourth-order valence-corrected chi connectivity index (χ4v) is 2.39. The van der Waals surface area contributed by atoms with Gasteiger partial charge in [0.2, 0.25) is 0 Å². The third-order valence-electron chi connectivity index (χ3n) is 3.10. The maximum absolute atomic E-state index is 13.4. The Morgan fingerprint density at radius 2 is 0.840 bits per heavy atom. The second kappa shape index (κ2) is 6.30. The van der Waals surface area contributed by atoms with E-state index in [1.54, 1.807) is 0 Å². The number of hydrogen-bond acceptors (Lipinski definition) is 0. The van der Waals surface area contributed by atoms with E-state index in [9.17, 15) is 57.1 Å². The van der Waals surface area contributed by atoms with Crippen LogP contribution in [0.1, 0.15) is 6.42 Å². The van der Waals surface area contributed by atoms with Gasteiger partial charge in [0.25, 0.3) is 0 Å². The molecule has 0 aliphatic heterocycles. The monoisotopic (exact) mass is 423 g/mol. The van der Waals surface area contributed by atoms with Crippen LogP contribution < -0.4 is 0 Å². The highest BCUT2D eigenvalue weighted by atomic mass is 31.2. The van der Waals surface area contributed by atoms with E-state index in [2.05, 4.69) is 0 Å². The number of alkyl halides is 13. The smallest absolute Gasteiger partial charge is 0.199 e. The predicted molar refractivity (Wildman–Crippen MR) is 65.0 cm³/mol. The van der Waals surface area contributed by atoms with Crippen LogP contribution in [0.2, 0.25) is 0 Å². The maximum atomic E-state index is 13.4. The first kappa shape index (κ1) is 24.5. The third kappa shape index (κ3) is 4.10. The van der Waals surface area contributed by atoms with Crippen LogP contribution >= 0.6 is 7.26 Å². The van der Waals surface area contributed by atoms with Gasteiger partial charge >= 0.3 is 35.8 Å². The summed E-state index contributed by atoms with van der Waals surface area (Å²) >= 11 is 0. The van der Waals surface area contributed by atoms with Crippen molar-refractivity contribution in [1.29, 1.82) is 0 Å². The molecule has 0 saturated carbocycles. The summed E-state index contributed by atoms with van der Waals surface area (Å²) in [4.78, 5) is 0. The first-order chi connectivity index (χ1) is 10.5. The normalized spacial score (nSPS) is 16.3. The Morgan fingerprint density at radius 3 is 1.12 bits per heavy atom. The van der Waals surface area contributed by atoms with Gasteiger partial charge in [-0.1, -0.05) is 0 Å². The highest BCUT2D eigenvalue weighted by Gasteiger charge is 2.90. The van der Waals surface area contributed by atoms with Crippen LogP contribution in [0.5, 0.6) is 0 Å². The summed E-state index contributed by atoms with van der Waals surface area (Å²) in [5.41, 5.74) is 0. The zero-order valence-corrected chi connectivity index (χ0v) is 13.7. The van der Waals surface area contributed by atoms with Crippen molar-refractivity contribution in [3.63, 3.8) is 0 Å². The van der Waals surface area contributed by atoms with Crippen molar-refractivity contribution >= 4 is 7.26 Å². The quantitative estimate of drug-likeness (QED) is 0.347. The van der Waals surface area contributed by atoms with Crippen LogP contribution in [-0.2, 0) is 0 Å². The topological polar surface area (TPSA) is 0 Å². The molecule has 0 fully saturated rings. The Balaban J connectivity index is 6.03. The van der Waals surface area contributed by atoms with Crippen molar-refractivity contribution in [3.8, 4) is 0 Å². The lowest BCUT2D eigenvalue weighted by Crippen LogP contribution is -2.70. The summed E-state index contributed by atoms with van der Waals surface area (Å²) in [5.74, 6) is -36.3. The van der Waals surface area contributed by atoms with Gasteiger partial charge in [0.05, 0.1) is 12.6 Å². The van der Waals surface area contributed by atoms with Gasteiger partial charge in [0.1, 0.15) is 0 Å².